The van der Waals surface area contributed by atoms with Gasteiger partial charge in [-0.05, 0) is 33.8 Å². The number of hydrogen-bond donors (Lipinski definition) is 0. The fourth-order valence-electron chi connectivity index (χ4n) is 3.61. The molecule has 0 saturated carbocycles. The maximum absolute atomic E-state index is 13.0. The number of aromatic nitrogens is 3. The average molecular weight is 401 g/mol. The first-order valence-corrected chi connectivity index (χ1v) is 10.4. The quantitative estimate of drug-likeness (QED) is 0.673. The molecule has 4 rings (SSSR count). The van der Waals surface area contributed by atoms with Gasteiger partial charge in [0.25, 0.3) is 5.56 Å². The van der Waals surface area contributed by atoms with Crippen molar-refractivity contribution in [1.82, 2.24) is 19.4 Å². The van der Waals surface area contributed by atoms with Crippen LogP contribution in [0.5, 0.6) is 0 Å². The van der Waals surface area contributed by atoms with E-state index in [4.69, 9.17) is 9.72 Å². The summed E-state index contributed by atoms with van der Waals surface area (Å²) < 4.78 is 7.83. The highest BCUT2D eigenvalue weighted by Crippen LogP contribution is 2.34. The van der Waals surface area contributed by atoms with E-state index in [0.717, 1.165) is 27.9 Å². The molecule has 148 valence electrons. The molecule has 1 aliphatic rings. The van der Waals surface area contributed by atoms with Crippen molar-refractivity contribution >= 4 is 37.7 Å². The first-order valence-electron chi connectivity index (χ1n) is 9.55. The summed E-state index contributed by atoms with van der Waals surface area (Å²) in [6.07, 6.45) is 2.21. The van der Waals surface area contributed by atoms with E-state index < -0.39 is 0 Å². The van der Waals surface area contributed by atoms with Crippen molar-refractivity contribution in [2.24, 2.45) is 0 Å². The zero-order valence-corrected chi connectivity index (χ0v) is 17.4. The van der Waals surface area contributed by atoms with E-state index in [1.165, 1.54) is 22.2 Å². The Morgan fingerprint density at radius 2 is 2.11 bits per heavy atom. The Kier molecular flexibility index (Phi) is 4.71. The minimum Gasteiger partial charge on any atom is -0.370 e. The van der Waals surface area contributed by atoms with Crippen molar-refractivity contribution in [3.8, 4) is 0 Å². The van der Waals surface area contributed by atoms with Gasteiger partial charge < -0.3 is 9.64 Å². The lowest BCUT2D eigenvalue weighted by atomic mass is 9.95. The predicted octanol–water partition coefficient (Wildman–Crippen LogP) is 2.73. The molecule has 0 aromatic carbocycles. The molecule has 0 radical (unpaired) electrons. The molecule has 0 unspecified atom stereocenters. The average Bonchev–Trinajstić information content (AvgIpc) is 3.01. The number of fused-ring (bicyclic) bond motifs is 4. The van der Waals surface area contributed by atoms with Crippen molar-refractivity contribution < 1.29 is 9.53 Å². The lowest BCUT2D eigenvalue weighted by Crippen LogP contribution is -2.36. The van der Waals surface area contributed by atoms with Crippen LogP contribution in [0, 0.1) is 0 Å². The molecule has 8 heteroatoms. The molecule has 1 amide bonds. The van der Waals surface area contributed by atoms with Crippen LogP contribution in [0.1, 0.15) is 39.0 Å². The summed E-state index contributed by atoms with van der Waals surface area (Å²) in [5.41, 5.74) is 2.29. The molecule has 3 aromatic rings. The molecular weight excluding hydrogens is 376 g/mol. The highest BCUT2D eigenvalue weighted by molar-refractivity contribution is 7.25. The first kappa shape index (κ1) is 19.0. The van der Waals surface area contributed by atoms with Gasteiger partial charge in [0.05, 0.1) is 29.7 Å². The predicted molar refractivity (Wildman–Crippen MR) is 110 cm³/mol. The van der Waals surface area contributed by atoms with Gasteiger partial charge in [0.2, 0.25) is 5.91 Å². The van der Waals surface area contributed by atoms with Crippen molar-refractivity contribution in [3.63, 3.8) is 0 Å². The van der Waals surface area contributed by atoms with Crippen molar-refractivity contribution in [2.45, 2.75) is 52.9 Å². The minimum absolute atomic E-state index is 0.00363. The summed E-state index contributed by atoms with van der Waals surface area (Å²) in [6.45, 7) is 9.72. The van der Waals surface area contributed by atoms with E-state index in [0.29, 0.717) is 29.9 Å². The maximum Gasteiger partial charge on any atom is 0.271 e. The summed E-state index contributed by atoms with van der Waals surface area (Å²) in [5, 5.41) is 0.876. The number of pyridine rings is 1. The van der Waals surface area contributed by atoms with Crippen molar-refractivity contribution in [3.05, 3.63) is 34.0 Å². The smallest absolute Gasteiger partial charge is 0.271 e. The lowest BCUT2D eigenvalue weighted by Gasteiger charge is -2.30. The minimum atomic E-state index is -0.236. The van der Waals surface area contributed by atoms with Gasteiger partial charge in [-0.15, -0.1) is 11.3 Å². The number of thiophene rings is 1. The third kappa shape index (κ3) is 3.20. The normalized spacial score (nSPS) is 15.7. The van der Waals surface area contributed by atoms with Crippen LogP contribution in [-0.2, 0) is 29.1 Å². The Hall–Kier alpha value is -2.32. The van der Waals surface area contributed by atoms with Gasteiger partial charge >= 0.3 is 0 Å². The van der Waals surface area contributed by atoms with Gasteiger partial charge in [0.15, 0.2) is 0 Å². The highest BCUT2D eigenvalue weighted by Gasteiger charge is 2.28. The molecule has 0 spiro atoms. The molecule has 0 bridgehead atoms. The summed E-state index contributed by atoms with van der Waals surface area (Å²) in [7, 11) is 0. The Balaban J connectivity index is 1.78. The maximum atomic E-state index is 13.0. The molecule has 28 heavy (non-hydrogen) atoms. The van der Waals surface area contributed by atoms with E-state index in [2.05, 4.69) is 18.8 Å². The third-order valence-corrected chi connectivity index (χ3v) is 6.32. The molecule has 0 N–H and O–H groups in total. The monoisotopic (exact) mass is 400 g/mol. The molecule has 1 aliphatic heterocycles. The third-order valence-electron chi connectivity index (χ3n) is 5.24. The Labute approximate surface area is 167 Å². The van der Waals surface area contributed by atoms with Crippen LogP contribution in [-0.4, -0.2) is 44.0 Å². The van der Waals surface area contributed by atoms with E-state index >= 15 is 0 Å². The SMILES string of the molecule is CCN(CC)C(=O)Cn1cnc2c(sc3nc4c(cc32)COC(C)(C)C4)c1=O. The van der Waals surface area contributed by atoms with E-state index in [-0.39, 0.29) is 23.6 Å². The molecule has 0 atom stereocenters. The number of ether oxygens (including phenoxy) is 1. The van der Waals surface area contributed by atoms with Gasteiger partial charge in [-0.3, -0.25) is 14.2 Å². The molecule has 4 heterocycles. The zero-order valence-electron chi connectivity index (χ0n) is 16.6. The van der Waals surface area contributed by atoms with Crippen LogP contribution in [0.3, 0.4) is 0 Å². The van der Waals surface area contributed by atoms with Crippen molar-refractivity contribution in [2.75, 3.05) is 13.1 Å². The highest BCUT2D eigenvalue weighted by atomic mass is 32.1. The fraction of sp³-hybridized carbons (Fsp3) is 0.500. The molecule has 0 aliphatic carbocycles. The first-order chi connectivity index (χ1) is 13.3. The van der Waals surface area contributed by atoms with Crippen LogP contribution >= 0.6 is 11.3 Å². The van der Waals surface area contributed by atoms with Crippen LogP contribution in [0.4, 0.5) is 0 Å². The zero-order chi connectivity index (χ0) is 20.1. The number of carbonyl (C=O) groups is 1. The lowest BCUT2D eigenvalue weighted by molar-refractivity contribution is -0.131. The van der Waals surface area contributed by atoms with Crippen molar-refractivity contribution in [1.29, 1.82) is 0 Å². The van der Waals surface area contributed by atoms with E-state index in [9.17, 15) is 9.59 Å². The molecule has 7 nitrogen and oxygen atoms in total. The van der Waals surface area contributed by atoms with Gasteiger partial charge in [-0.25, -0.2) is 9.97 Å². The Morgan fingerprint density at radius 3 is 2.82 bits per heavy atom. The second-order valence-electron chi connectivity index (χ2n) is 7.70. The summed E-state index contributed by atoms with van der Waals surface area (Å²) in [4.78, 5) is 37.2. The number of carbonyl (C=O) groups excluding carboxylic acids is 1. The van der Waals surface area contributed by atoms with Crippen LogP contribution in [0.15, 0.2) is 17.2 Å². The second-order valence-corrected chi connectivity index (χ2v) is 8.69. The fourth-order valence-corrected chi connectivity index (χ4v) is 4.69. The second kappa shape index (κ2) is 6.93. The summed E-state index contributed by atoms with van der Waals surface area (Å²) >= 11 is 1.35. The van der Waals surface area contributed by atoms with Gasteiger partial charge in [0, 0.05) is 30.5 Å². The summed E-state index contributed by atoms with van der Waals surface area (Å²) in [6, 6.07) is 2.05. The number of rotatable bonds is 4. The van der Waals surface area contributed by atoms with Crippen LogP contribution < -0.4 is 5.56 Å². The number of hydrogen-bond acceptors (Lipinski definition) is 6. The van der Waals surface area contributed by atoms with Crippen LogP contribution in [0.2, 0.25) is 0 Å². The standard InChI is InChI=1S/C20H24N4O3S/c1-5-23(6-2)15(25)9-24-11-21-16-13-7-12-10-27-20(3,4)8-14(12)22-18(13)28-17(16)19(24)26/h7,11H,5-6,8-10H2,1-4H3. The molecule has 0 saturated heterocycles. The van der Waals surface area contributed by atoms with E-state index in [1.807, 2.05) is 19.9 Å². The largest absolute Gasteiger partial charge is 0.370 e. The molecular formula is C20H24N4O3S. The Morgan fingerprint density at radius 1 is 1.36 bits per heavy atom. The number of amides is 1. The van der Waals surface area contributed by atoms with Gasteiger partial charge in [-0.1, -0.05) is 0 Å². The number of likely N-dealkylation sites (N-methyl/N-ethyl adjacent to an activating group) is 1. The van der Waals surface area contributed by atoms with E-state index in [1.54, 1.807) is 4.90 Å². The number of nitrogens with zero attached hydrogens (tertiary/aromatic N) is 4. The van der Waals surface area contributed by atoms with Crippen LogP contribution in [0.25, 0.3) is 20.4 Å². The topological polar surface area (TPSA) is 77.3 Å². The molecule has 0 fully saturated rings. The molecule has 3 aromatic heterocycles. The summed E-state index contributed by atoms with van der Waals surface area (Å²) in [5.74, 6) is -0.0812. The van der Waals surface area contributed by atoms with Gasteiger partial charge in [-0.2, -0.15) is 0 Å². The van der Waals surface area contributed by atoms with Gasteiger partial charge in [0.1, 0.15) is 16.1 Å². The Bertz CT molecular complexity index is 1130.